The molecule has 1 aliphatic heterocycles. The monoisotopic (exact) mass is 344 g/mol. The Morgan fingerprint density at radius 3 is 2.65 bits per heavy atom. The summed E-state index contributed by atoms with van der Waals surface area (Å²) in [5.41, 5.74) is 0.807. The third-order valence-corrected chi connectivity index (χ3v) is 5.62. The summed E-state index contributed by atoms with van der Waals surface area (Å²) in [6, 6.07) is 5.42. The van der Waals surface area contributed by atoms with Crippen LogP contribution in [0.15, 0.2) is 23.6 Å². The number of thiophene rings is 1. The molecule has 1 aromatic heterocycles. The number of nitrogens with zero attached hydrogens (tertiary/aromatic N) is 1. The second-order valence-electron chi connectivity index (χ2n) is 6.14. The fourth-order valence-electron chi connectivity index (χ4n) is 3.10. The minimum atomic E-state index is -4.30. The highest BCUT2D eigenvalue weighted by atomic mass is 32.2. The third-order valence-electron chi connectivity index (χ3n) is 4.28. The molecule has 3 nitrogen and oxygen atoms in total. The van der Waals surface area contributed by atoms with Crippen molar-refractivity contribution in [1.82, 2.24) is 4.90 Å². The Balaban J connectivity index is 1.89. The van der Waals surface area contributed by atoms with Crippen molar-refractivity contribution in [3.05, 3.63) is 29.1 Å². The molecule has 1 aromatic carbocycles. The van der Waals surface area contributed by atoms with Gasteiger partial charge in [0.25, 0.3) is 0 Å². The van der Waals surface area contributed by atoms with Crippen molar-refractivity contribution in [2.75, 3.05) is 25.5 Å². The van der Waals surface area contributed by atoms with Gasteiger partial charge < -0.3 is 14.8 Å². The van der Waals surface area contributed by atoms with Crippen LogP contribution < -0.4 is 5.32 Å². The second-order valence-corrected chi connectivity index (χ2v) is 7.38. The van der Waals surface area contributed by atoms with E-state index >= 15 is 0 Å². The lowest BCUT2D eigenvalue weighted by molar-refractivity contribution is -0.126. The summed E-state index contributed by atoms with van der Waals surface area (Å²) in [6.07, 6.45) is -3.40. The zero-order valence-corrected chi connectivity index (χ0v) is 13.6. The summed E-state index contributed by atoms with van der Waals surface area (Å²) < 4.78 is 50.8. The van der Waals surface area contributed by atoms with Gasteiger partial charge in [-0.3, -0.25) is 0 Å². The van der Waals surface area contributed by atoms with E-state index in [-0.39, 0.29) is 11.6 Å². The number of nitrogens with one attached hydrogen (secondary N) is 1. The molecule has 7 heteroatoms. The summed E-state index contributed by atoms with van der Waals surface area (Å²) in [5.74, 6) is 0. The van der Waals surface area contributed by atoms with Crippen molar-refractivity contribution in [3.8, 4) is 0 Å². The van der Waals surface area contributed by atoms with E-state index in [1.54, 1.807) is 18.2 Å². The molecular weight excluding hydrogens is 325 g/mol. The molecule has 0 spiro atoms. The lowest BCUT2D eigenvalue weighted by Crippen LogP contribution is -2.36. The van der Waals surface area contributed by atoms with Gasteiger partial charge in [0, 0.05) is 17.0 Å². The van der Waals surface area contributed by atoms with E-state index in [0.717, 1.165) is 25.9 Å². The van der Waals surface area contributed by atoms with Crippen LogP contribution in [0.2, 0.25) is 0 Å². The van der Waals surface area contributed by atoms with Crippen molar-refractivity contribution < 1.29 is 17.7 Å². The maximum absolute atomic E-state index is 12.7. The van der Waals surface area contributed by atoms with Crippen LogP contribution in [0.4, 0.5) is 18.9 Å². The number of alkyl halides is 3. The molecule has 1 unspecified atom stereocenters. The van der Waals surface area contributed by atoms with Gasteiger partial charge >= 0.3 is 6.18 Å². The molecule has 1 N–H and O–H groups in total. The summed E-state index contributed by atoms with van der Waals surface area (Å²) in [6.45, 7) is 1.96. The Hall–Kier alpha value is -1.31. The molecule has 3 rings (SSSR count). The summed E-state index contributed by atoms with van der Waals surface area (Å²) in [5, 5.41) is 5.07. The molecule has 1 fully saturated rings. The average molecular weight is 344 g/mol. The molecule has 2 aromatic rings. The first-order valence-electron chi connectivity index (χ1n) is 7.60. The van der Waals surface area contributed by atoms with Crippen LogP contribution >= 0.6 is 10.8 Å². The van der Waals surface area contributed by atoms with Gasteiger partial charge in [-0.1, -0.05) is 6.07 Å². The number of rotatable bonds is 3. The molecule has 0 radical (unpaired) electrons. The largest absolute Gasteiger partial charge is 0.590 e. The topological polar surface area (TPSA) is 38.3 Å². The fraction of sp³-hybridized carbons (Fsp3) is 0.500. The van der Waals surface area contributed by atoms with Crippen molar-refractivity contribution in [3.63, 3.8) is 0 Å². The first-order chi connectivity index (χ1) is 10.8. The van der Waals surface area contributed by atoms with Crippen LogP contribution in [0.3, 0.4) is 0 Å². The van der Waals surface area contributed by atoms with Crippen molar-refractivity contribution in [1.29, 1.82) is 0 Å². The number of hydrogen-bond donors (Lipinski definition) is 1. The van der Waals surface area contributed by atoms with Crippen LogP contribution in [0.1, 0.15) is 18.4 Å². The van der Waals surface area contributed by atoms with E-state index in [9.17, 15) is 17.7 Å². The SMILES string of the molecule is CN1CCC(Nc2cccc3c(CC(F)(F)F)c[s+]([O-])c23)CC1. The van der Waals surface area contributed by atoms with E-state index in [1.807, 2.05) is 0 Å². The lowest BCUT2D eigenvalue weighted by atomic mass is 10.0. The molecule has 0 amide bonds. The van der Waals surface area contributed by atoms with Crippen molar-refractivity contribution in [2.45, 2.75) is 31.5 Å². The van der Waals surface area contributed by atoms with E-state index < -0.39 is 23.3 Å². The van der Waals surface area contributed by atoms with Gasteiger partial charge in [0.15, 0.2) is 0 Å². The number of piperidine rings is 1. The zero-order valence-electron chi connectivity index (χ0n) is 12.8. The molecule has 23 heavy (non-hydrogen) atoms. The van der Waals surface area contributed by atoms with E-state index in [2.05, 4.69) is 17.3 Å². The maximum atomic E-state index is 12.7. The molecule has 1 aliphatic rings. The van der Waals surface area contributed by atoms with Gasteiger partial charge in [-0.15, -0.1) is 0 Å². The molecule has 0 saturated carbocycles. The lowest BCUT2D eigenvalue weighted by Gasteiger charge is -2.30. The zero-order chi connectivity index (χ0) is 16.6. The van der Waals surface area contributed by atoms with Gasteiger partial charge in [0.1, 0.15) is 5.38 Å². The smallest absolute Gasteiger partial charge is 0.393 e. The minimum absolute atomic E-state index is 0.109. The van der Waals surface area contributed by atoms with Crippen LogP contribution in [0.25, 0.3) is 10.1 Å². The minimum Gasteiger partial charge on any atom is -0.590 e. The molecule has 1 saturated heterocycles. The van der Waals surface area contributed by atoms with E-state index in [0.29, 0.717) is 15.8 Å². The van der Waals surface area contributed by atoms with Gasteiger partial charge in [-0.25, -0.2) is 0 Å². The molecule has 0 aliphatic carbocycles. The van der Waals surface area contributed by atoms with Gasteiger partial charge in [0.2, 0.25) is 4.70 Å². The Morgan fingerprint density at radius 1 is 1.30 bits per heavy atom. The molecule has 0 bridgehead atoms. The predicted octanol–water partition coefficient (Wildman–Crippen LogP) is 4.18. The average Bonchev–Trinajstić information content (AvgIpc) is 2.77. The maximum Gasteiger partial charge on any atom is 0.393 e. The van der Waals surface area contributed by atoms with Crippen LogP contribution in [-0.2, 0) is 6.42 Å². The Labute approximate surface area is 135 Å². The number of likely N-dealkylation sites (tertiary alicyclic amines) is 1. The third kappa shape index (κ3) is 3.79. The van der Waals surface area contributed by atoms with Crippen LogP contribution in [-0.4, -0.2) is 41.8 Å². The highest BCUT2D eigenvalue weighted by Crippen LogP contribution is 2.40. The Bertz CT molecular complexity index is 690. The molecule has 2 heterocycles. The van der Waals surface area contributed by atoms with E-state index in [4.69, 9.17) is 0 Å². The number of fused-ring (bicyclic) bond motifs is 1. The summed E-state index contributed by atoms with van der Waals surface area (Å²) in [7, 11) is 0.548. The Kier molecular flexibility index (Phi) is 4.53. The summed E-state index contributed by atoms with van der Waals surface area (Å²) >= 11 is 0. The quantitative estimate of drug-likeness (QED) is 0.849. The highest BCUT2D eigenvalue weighted by molar-refractivity contribution is 7.30. The van der Waals surface area contributed by atoms with Crippen molar-refractivity contribution in [2.24, 2.45) is 0 Å². The van der Waals surface area contributed by atoms with Gasteiger partial charge in [-0.05, 0) is 55.9 Å². The van der Waals surface area contributed by atoms with Gasteiger partial charge in [0.05, 0.1) is 12.1 Å². The van der Waals surface area contributed by atoms with Crippen LogP contribution in [0, 0.1) is 0 Å². The highest BCUT2D eigenvalue weighted by Gasteiger charge is 2.31. The fourth-order valence-corrected chi connectivity index (χ4v) is 4.44. The number of hydrogen-bond acceptors (Lipinski definition) is 3. The molecule has 126 valence electrons. The van der Waals surface area contributed by atoms with Crippen molar-refractivity contribution >= 4 is 26.5 Å². The normalized spacial score (nSPS) is 18.6. The predicted molar refractivity (Wildman–Crippen MR) is 86.5 cm³/mol. The number of anilines is 1. The molecular formula is C16H19F3N2OS. The molecule has 1 atom stereocenters. The second kappa shape index (κ2) is 6.30. The first kappa shape index (κ1) is 16.5. The summed E-state index contributed by atoms with van der Waals surface area (Å²) in [4.78, 5) is 2.24. The van der Waals surface area contributed by atoms with Gasteiger partial charge in [-0.2, -0.15) is 13.2 Å². The number of halogens is 3. The van der Waals surface area contributed by atoms with E-state index in [1.165, 1.54) is 5.38 Å². The first-order valence-corrected chi connectivity index (χ1v) is 8.81. The number of benzene rings is 1. The Morgan fingerprint density at radius 2 is 2.00 bits per heavy atom. The standard InChI is InChI=1S/C16H19F3N2OS/c1-21-7-5-12(6-8-21)20-14-4-2-3-13-11(9-16(17,18)19)10-23(22)15(13)14/h2-4,10,12,20H,5-9H2,1H3. The van der Waals surface area contributed by atoms with Crippen LogP contribution in [0.5, 0.6) is 0 Å².